The van der Waals surface area contributed by atoms with Gasteiger partial charge in [0.25, 0.3) is 5.91 Å². The Balaban J connectivity index is 1.66. The van der Waals surface area contributed by atoms with Gasteiger partial charge in [-0.15, -0.1) is 0 Å². The van der Waals surface area contributed by atoms with Crippen LogP contribution in [0.5, 0.6) is 0 Å². The van der Waals surface area contributed by atoms with E-state index < -0.39 is 0 Å². The average Bonchev–Trinajstić information content (AvgIpc) is 3.64. The van der Waals surface area contributed by atoms with Crippen molar-refractivity contribution in [3.05, 3.63) is 17.6 Å². The van der Waals surface area contributed by atoms with E-state index >= 15 is 0 Å². The van der Waals surface area contributed by atoms with E-state index in [-0.39, 0.29) is 16.9 Å². The Morgan fingerprint density at radius 1 is 1.29 bits per heavy atom. The fraction of sp³-hybridized carbons (Fsp3) is 0.476. The summed E-state index contributed by atoms with van der Waals surface area (Å²) >= 11 is 5.23. The molecule has 0 saturated heterocycles. The highest BCUT2D eigenvalue weighted by Gasteiger charge is 2.43. The first-order valence-electron chi connectivity index (χ1n) is 10.7. The summed E-state index contributed by atoms with van der Waals surface area (Å²) in [6, 6.07) is 0.738. The lowest BCUT2D eigenvalue weighted by atomic mass is 10.1. The molecule has 2 saturated carbocycles. The number of fused-ring (bicyclic) bond motifs is 3. The molecule has 0 radical (unpaired) electrons. The number of nitrogens with one attached hydrogen (secondary N) is 3. The van der Waals surface area contributed by atoms with Crippen LogP contribution in [-0.2, 0) is 11.3 Å². The molecule has 0 spiro atoms. The summed E-state index contributed by atoms with van der Waals surface area (Å²) < 4.78 is 1.98. The normalized spacial score (nSPS) is 16.0. The van der Waals surface area contributed by atoms with Crippen molar-refractivity contribution in [2.45, 2.75) is 65.1 Å². The Morgan fingerprint density at radius 3 is 2.55 bits per heavy atom. The minimum absolute atomic E-state index is 0.0920. The molecule has 0 unspecified atom stereocenters. The molecule has 3 aromatic rings. The van der Waals surface area contributed by atoms with Gasteiger partial charge in [0.05, 0.1) is 11.7 Å². The summed E-state index contributed by atoms with van der Waals surface area (Å²) in [4.78, 5) is 39.6. The lowest BCUT2D eigenvalue weighted by Crippen LogP contribution is -2.36. The highest BCUT2D eigenvalue weighted by molar-refractivity contribution is 7.80. The van der Waals surface area contributed by atoms with Crippen LogP contribution in [0.2, 0.25) is 0 Å². The van der Waals surface area contributed by atoms with Crippen LogP contribution in [0.15, 0.2) is 6.33 Å². The van der Waals surface area contributed by atoms with Crippen LogP contribution in [0.4, 0.5) is 5.82 Å². The molecule has 0 aromatic carbocycles. The molecule has 2 fully saturated rings. The number of carbonyl (C=O) groups excluding carboxylic acids is 2. The minimum Gasteiger partial charge on any atom is -0.342 e. The molecule has 0 atom stereocenters. The van der Waals surface area contributed by atoms with Gasteiger partial charge < -0.3 is 25.1 Å². The molecule has 10 heteroatoms. The highest BCUT2D eigenvalue weighted by Crippen LogP contribution is 2.40. The maximum absolute atomic E-state index is 13.7. The van der Waals surface area contributed by atoms with E-state index in [1.165, 1.54) is 6.92 Å². The first-order chi connectivity index (χ1) is 14.9. The summed E-state index contributed by atoms with van der Waals surface area (Å²) in [5.41, 5.74) is 3.67. The van der Waals surface area contributed by atoms with Gasteiger partial charge in [0.15, 0.2) is 10.9 Å². The van der Waals surface area contributed by atoms with Gasteiger partial charge in [-0.25, -0.2) is 9.97 Å². The van der Waals surface area contributed by atoms with E-state index in [4.69, 9.17) is 17.2 Å². The summed E-state index contributed by atoms with van der Waals surface area (Å²) in [5.74, 6) is 0.292. The number of hydrogen-bond donors (Lipinski definition) is 3. The minimum atomic E-state index is -0.264. The Morgan fingerprint density at radius 2 is 1.97 bits per heavy atom. The van der Waals surface area contributed by atoms with Crippen LogP contribution in [0.25, 0.3) is 22.1 Å². The number of carbonyl (C=O) groups is 2. The second-order valence-electron chi connectivity index (χ2n) is 8.31. The molecule has 162 valence electrons. The zero-order chi connectivity index (χ0) is 21.9. The highest BCUT2D eigenvalue weighted by atomic mass is 32.1. The Labute approximate surface area is 184 Å². The third-order valence-electron chi connectivity index (χ3n) is 5.97. The van der Waals surface area contributed by atoms with Crippen LogP contribution < -0.4 is 10.6 Å². The van der Waals surface area contributed by atoms with E-state index in [9.17, 15) is 9.59 Å². The first kappa shape index (κ1) is 19.9. The molecule has 2 amide bonds. The van der Waals surface area contributed by atoms with Crippen molar-refractivity contribution < 1.29 is 9.59 Å². The number of amides is 2. The zero-order valence-corrected chi connectivity index (χ0v) is 18.6. The lowest BCUT2D eigenvalue weighted by Gasteiger charge is -2.23. The number of pyridine rings is 1. The van der Waals surface area contributed by atoms with Crippen molar-refractivity contribution in [3.8, 4) is 0 Å². The number of nitrogens with zero attached hydrogens (tertiary/aromatic N) is 4. The number of anilines is 1. The Hall–Kier alpha value is -3.01. The largest absolute Gasteiger partial charge is 0.342 e. The van der Waals surface area contributed by atoms with Crippen molar-refractivity contribution in [2.75, 3.05) is 5.32 Å². The molecule has 3 aromatic heterocycles. The van der Waals surface area contributed by atoms with Gasteiger partial charge in [-0.2, -0.15) is 0 Å². The predicted octanol–water partition coefficient (Wildman–Crippen LogP) is 2.84. The predicted molar refractivity (Wildman–Crippen MR) is 122 cm³/mol. The number of aromatic amines is 1. The van der Waals surface area contributed by atoms with Gasteiger partial charge in [-0.05, 0) is 57.3 Å². The maximum atomic E-state index is 13.7. The smallest absolute Gasteiger partial charge is 0.271 e. The van der Waals surface area contributed by atoms with Crippen LogP contribution in [0, 0.1) is 6.92 Å². The molecule has 0 bridgehead atoms. The van der Waals surface area contributed by atoms with Gasteiger partial charge in [0.2, 0.25) is 5.91 Å². The van der Waals surface area contributed by atoms with Crippen molar-refractivity contribution in [3.63, 3.8) is 0 Å². The van der Waals surface area contributed by atoms with Gasteiger partial charge in [-0.3, -0.25) is 9.59 Å². The molecule has 5 rings (SSSR count). The van der Waals surface area contributed by atoms with Crippen LogP contribution in [0.1, 0.15) is 55.6 Å². The van der Waals surface area contributed by atoms with Crippen LogP contribution >= 0.6 is 12.2 Å². The van der Waals surface area contributed by atoms with E-state index in [1.54, 1.807) is 6.33 Å². The standard InChI is InChI=1S/C21H25N7O2S/c1-4-27-17(20(30)28(12-5-6-12)13-7-8-13)10(2)14-15-16(23-9-22-15)18(25-19(14)27)26-21(31)24-11(3)29/h9,12-13H,4-8H2,1-3H3,(H,22,23)(H2,24,25,26,29,31). The van der Waals surface area contributed by atoms with E-state index in [1.807, 2.05) is 18.4 Å². The average molecular weight is 440 g/mol. The van der Waals surface area contributed by atoms with Gasteiger partial charge >= 0.3 is 0 Å². The third-order valence-corrected chi connectivity index (χ3v) is 6.17. The quantitative estimate of drug-likeness (QED) is 0.528. The van der Waals surface area contributed by atoms with Crippen molar-refractivity contribution in [2.24, 2.45) is 0 Å². The number of aromatic nitrogens is 4. The molecule has 9 nitrogen and oxygen atoms in total. The van der Waals surface area contributed by atoms with Crippen LogP contribution in [-0.4, -0.2) is 53.4 Å². The van der Waals surface area contributed by atoms with Gasteiger partial charge in [-0.1, -0.05) is 0 Å². The Bertz CT molecular complexity index is 1220. The summed E-state index contributed by atoms with van der Waals surface area (Å²) in [6.45, 7) is 5.99. The Kier molecular flexibility index (Phi) is 4.69. The monoisotopic (exact) mass is 439 g/mol. The van der Waals surface area contributed by atoms with Crippen molar-refractivity contribution in [1.29, 1.82) is 0 Å². The van der Waals surface area contributed by atoms with Crippen molar-refractivity contribution in [1.82, 2.24) is 29.7 Å². The molecule has 2 aliphatic carbocycles. The third kappa shape index (κ3) is 3.34. The summed E-state index contributed by atoms with van der Waals surface area (Å²) in [7, 11) is 0. The molecular weight excluding hydrogens is 414 g/mol. The molecule has 31 heavy (non-hydrogen) atoms. The van der Waals surface area contributed by atoms with Crippen LogP contribution in [0.3, 0.4) is 0 Å². The number of aryl methyl sites for hydroxylation is 2. The topological polar surface area (TPSA) is 108 Å². The number of rotatable bonds is 5. The second kappa shape index (κ2) is 7.30. The molecule has 3 N–H and O–H groups in total. The van der Waals surface area contributed by atoms with E-state index in [2.05, 4.69) is 25.5 Å². The number of H-pyrrole nitrogens is 1. The second-order valence-corrected chi connectivity index (χ2v) is 8.72. The number of thiocarbonyl (C=S) groups is 1. The van der Waals surface area contributed by atoms with Crippen molar-refractivity contribution >= 4 is 57.0 Å². The molecule has 3 heterocycles. The van der Waals surface area contributed by atoms with E-state index in [0.29, 0.717) is 41.3 Å². The molecule has 2 aliphatic rings. The van der Waals surface area contributed by atoms with Gasteiger partial charge in [0, 0.05) is 25.6 Å². The SMILES string of the molecule is CCn1c(C(=O)N(C2CC2)C2CC2)c(C)c2c3nc[nH]c3c(NC(=S)NC(C)=O)nc21. The maximum Gasteiger partial charge on any atom is 0.271 e. The molecule has 0 aliphatic heterocycles. The van der Waals surface area contributed by atoms with E-state index in [0.717, 1.165) is 42.1 Å². The lowest BCUT2D eigenvalue weighted by molar-refractivity contribution is -0.117. The fourth-order valence-corrected chi connectivity index (χ4v) is 4.63. The zero-order valence-electron chi connectivity index (χ0n) is 17.8. The number of imidazole rings is 1. The summed E-state index contributed by atoms with van der Waals surface area (Å²) in [6.07, 6.45) is 5.95. The summed E-state index contributed by atoms with van der Waals surface area (Å²) in [5, 5.41) is 6.57. The number of hydrogen-bond acceptors (Lipinski definition) is 5. The first-order valence-corrected chi connectivity index (χ1v) is 11.1. The molecular formula is C21H25N7O2S. The fourth-order valence-electron chi connectivity index (χ4n) is 4.39. The van der Waals surface area contributed by atoms with Gasteiger partial charge in [0.1, 0.15) is 22.4 Å².